The normalized spacial score (nSPS) is 20.8. The van der Waals surface area contributed by atoms with Crippen LogP contribution < -0.4 is 17.2 Å². The Hall–Kier alpha value is -2.60. The Labute approximate surface area is 147 Å². The number of hydrogen-bond donors (Lipinski definition) is 3. The molecule has 6 N–H and O–H groups in total. The third kappa shape index (κ3) is 2.93. The molecule has 1 fully saturated rings. The van der Waals surface area contributed by atoms with E-state index >= 15 is 0 Å². The van der Waals surface area contributed by atoms with Crippen molar-refractivity contribution in [1.29, 1.82) is 0 Å². The topological polar surface area (TPSA) is 107 Å². The molecule has 6 nitrogen and oxygen atoms in total. The van der Waals surface area contributed by atoms with Gasteiger partial charge in [-0.05, 0) is 49.7 Å². The highest BCUT2D eigenvalue weighted by Gasteiger charge is 2.30. The lowest BCUT2D eigenvalue weighted by atomic mass is 9.90. The van der Waals surface area contributed by atoms with Crippen molar-refractivity contribution in [2.75, 3.05) is 30.3 Å². The average Bonchev–Trinajstić information content (AvgIpc) is 2.65. The van der Waals surface area contributed by atoms with Crippen molar-refractivity contribution in [2.45, 2.75) is 31.7 Å². The first-order chi connectivity index (χ1) is 12.1. The number of anilines is 3. The molecular weight excluding hydrogens is 312 g/mol. The summed E-state index contributed by atoms with van der Waals surface area (Å²) in [6.45, 7) is 2.23. The van der Waals surface area contributed by atoms with Crippen LogP contribution in [0.3, 0.4) is 0 Å². The molecule has 0 aliphatic carbocycles. The third-order valence-electron chi connectivity index (χ3n) is 5.23. The molecule has 4 rings (SSSR count). The second-order valence-corrected chi connectivity index (χ2v) is 6.85. The fraction of sp³-hybridized carbons (Fsp3) is 0.368. The number of aliphatic imine (C=N–C) groups is 1. The van der Waals surface area contributed by atoms with Crippen LogP contribution in [0.1, 0.15) is 42.9 Å². The second-order valence-electron chi connectivity index (χ2n) is 6.85. The number of nitrogens with zero attached hydrogens (tertiary/aromatic N) is 3. The molecule has 3 heterocycles. The largest absolute Gasteiger partial charge is 0.397 e. The number of rotatable bonds is 2. The van der Waals surface area contributed by atoms with Crippen LogP contribution in [0.15, 0.2) is 35.5 Å². The van der Waals surface area contributed by atoms with Crippen LogP contribution >= 0.6 is 0 Å². The molecule has 1 saturated heterocycles. The summed E-state index contributed by atoms with van der Waals surface area (Å²) < 4.78 is 0. The lowest BCUT2D eigenvalue weighted by Crippen LogP contribution is -2.36. The fourth-order valence-electron chi connectivity index (χ4n) is 3.82. The smallest absolute Gasteiger partial charge is 0.123 e. The lowest BCUT2D eigenvalue weighted by molar-refractivity contribution is 0.166. The van der Waals surface area contributed by atoms with Crippen LogP contribution in [0.2, 0.25) is 0 Å². The molecule has 6 heteroatoms. The maximum Gasteiger partial charge on any atom is 0.123 e. The van der Waals surface area contributed by atoms with Gasteiger partial charge in [0.05, 0.1) is 22.8 Å². The van der Waals surface area contributed by atoms with E-state index in [1.807, 2.05) is 18.2 Å². The number of nitrogens with two attached hydrogens (primary N) is 3. The predicted octanol–water partition coefficient (Wildman–Crippen LogP) is 2.88. The van der Waals surface area contributed by atoms with Crippen molar-refractivity contribution >= 4 is 28.6 Å². The fourth-order valence-corrected chi connectivity index (χ4v) is 3.82. The number of fused-ring (bicyclic) bond motifs is 1. The molecule has 0 saturated carbocycles. The summed E-state index contributed by atoms with van der Waals surface area (Å²) in [6.07, 6.45) is 6.43. The van der Waals surface area contributed by atoms with E-state index in [4.69, 9.17) is 22.2 Å². The standard InChI is InChI=1S/C19H24N6/c20-14-6-5-13-16(25-8-2-1-3-9-25)10-15(24-19(13)18(14)22)12-4-7-17(21)23-11-12/h4-7,11,16H,1-3,8-10,20,22H2,(H2,21,23). The molecule has 2 aliphatic rings. The van der Waals surface area contributed by atoms with Crippen LogP contribution in [0, 0.1) is 0 Å². The van der Waals surface area contributed by atoms with Gasteiger partial charge in [-0.2, -0.15) is 0 Å². The van der Waals surface area contributed by atoms with Crippen LogP contribution in [-0.2, 0) is 0 Å². The van der Waals surface area contributed by atoms with E-state index in [0.29, 0.717) is 17.2 Å². The Kier molecular flexibility index (Phi) is 4.05. The third-order valence-corrected chi connectivity index (χ3v) is 5.23. The summed E-state index contributed by atoms with van der Waals surface area (Å²) in [4.78, 5) is 11.6. The monoisotopic (exact) mass is 336 g/mol. The first-order valence-corrected chi connectivity index (χ1v) is 8.85. The summed E-state index contributed by atoms with van der Waals surface area (Å²) in [5.74, 6) is 0.511. The van der Waals surface area contributed by atoms with Gasteiger partial charge in [-0.3, -0.25) is 9.89 Å². The Morgan fingerprint density at radius 2 is 1.76 bits per heavy atom. The minimum Gasteiger partial charge on any atom is -0.397 e. The Morgan fingerprint density at radius 1 is 0.960 bits per heavy atom. The van der Waals surface area contributed by atoms with Gasteiger partial charge in [0, 0.05) is 24.2 Å². The molecule has 2 aliphatic heterocycles. The van der Waals surface area contributed by atoms with Gasteiger partial charge >= 0.3 is 0 Å². The summed E-state index contributed by atoms with van der Waals surface area (Å²) in [6, 6.07) is 8.05. The van der Waals surface area contributed by atoms with E-state index in [2.05, 4.69) is 16.0 Å². The van der Waals surface area contributed by atoms with Gasteiger partial charge in [-0.25, -0.2) is 4.98 Å². The lowest BCUT2D eigenvalue weighted by Gasteiger charge is -2.38. The first-order valence-electron chi connectivity index (χ1n) is 8.85. The van der Waals surface area contributed by atoms with Gasteiger partial charge in [0.2, 0.25) is 0 Å². The highest BCUT2D eigenvalue weighted by atomic mass is 15.2. The molecule has 0 spiro atoms. The van der Waals surface area contributed by atoms with E-state index in [1.54, 1.807) is 6.20 Å². The molecule has 130 valence electrons. The summed E-state index contributed by atoms with van der Waals surface area (Å²) in [5.41, 5.74) is 23.2. The van der Waals surface area contributed by atoms with Gasteiger partial charge in [-0.1, -0.05) is 12.5 Å². The zero-order valence-electron chi connectivity index (χ0n) is 14.3. The van der Waals surface area contributed by atoms with Crippen molar-refractivity contribution in [3.8, 4) is 0 Å². The summed E-state index contributed by atoms with van der Waals surface area (Å²) in [5, 5.41) is 0. The van der Waals surface area contributed by atoms with Crippen molar-refractivity contribution < 1.29 is 0 Å². The van der Waals surface area contributed by atoms with Gasteiger partial charge < -0.3 is 17.2 Å². The van der Waals surface area contributed by atoms with Crippen molar-refractivity contribution in [3.63, 3.8) is 0 Å². The van der Waals surface area contributed by atoms with Crippen LogP contribution in [0.4, 0.5) is 22.9 Å². The molecule has 1 atom stereocenters. The highest BCUT2D eigenvalue weighted by molar-refractivity contribution is 6.05. The predicted molar refractivity (Wildman–Crippen MR) is 103 cm³/mol. The van der Waals surface area contributed by atoms with Crippen LogP contribution in [-0.4, -0.2) is 28.7 Å². The minimum absolute atomic E-state index is 0.281. The molecule has 2 aromatic rings. The van der Waals surface area contributed by atoms with Crippen molar-refractivity contribution in [2.24, 2.45) is 4.99 Å². The van der Waals surface area contributed by atoms with E-state index in [-0.39, 0.29) is 6.04 Å². The number of piperidine rings is 1. The molecule has 0 amide bonds. The average molecular weight is 336 g/mol. The zero-order chi connectivity index (χ0) is 17.4. The number of benzene rings is 1. The first kappa shape index (κ1) is 15.9. The number of pyridine rings is 1. The molecule has 0 bridgehead atoms. The SMILES string of the molecule is Nc1ccc(C2=Nc3c(ccc(N)c3N)C(N3CCCCC3)C2)cn1. The maximum atomic E-state index is 6.27. The maximum absolute atomic E-state index is 6.27. The number of likely N-dealkylation sites (tertiary alicyclic amines) is 1. The van der Waals surface area contributed by atoms with E-state index in [1.165, 1.54) is 24.8 Å². The van der Waals surface area contributed by atoms with Crippen molar-refractivity contribution in [1.82, 2.24) is 9.88 Å². The van der Waals surface area contributed by atoms with Gasteiger partial charge in [-0.15, -0.1) is 0 Å². The summed E-state index contributed by atoms with van der Waals surface area (Å²) >= 11 is 0. The molecule has 1 unspecified atom stereocenters. The number of nitrogen functional groups attached to an aromatic ring is 3. The number of aromatic nitrogens is 1. The Balaban J connectivity index is 1.80. The van der Waals surface area contributed by atoms with Gasteiger partial charge in [0.15, 0.2) is 0 Å². The van der Waals surface area contributed by atoms with Crippen molar-refractivity contribution in [3.05, 3.63) is 41.6 Å². The molecule has 1 aromatic carbocycles. The Bertz CT molecular complexity index is 805. The number of hydrogen-bond acceptors (Lipinski definition) is 6. The summed E-state index contributed by atoms with van der Waals surface area (Å²) in [7, 11) is 0. The minimum atomic E-state index is 0.281. The molecule has 0 radical (unpaired) electrons. The molecule has 25 heavy (non-hydrogen) atoms. The van der Waals surface area contributed by atoms with E-state index < -0.39 is 0 Å². The van der Waals surface area contributed by atoms with Crippen LogP contribution in [0.25, 0.3) is 0 Å². The van der Waals surface area contributed by atoms with Gasteiger partial charge in [0.25, 0.3) is 0 Å². The van der Waals surface area contributed by atoms with E-state index in [0.717, 1.165) is 36.5 Å². The van der Waals surface area contributed by atoms with Gasteiger partial charge in [0.1, 0.15) is 5.82 Å². The molecule has 1 aromatic heterocycles. The van der Waals surface area contributed by atoms with E-state index in [9.17, 15) is 0 Å². The van der Waals surface area contributed by atoms with Crippen LogP contribution in [0.5, 0.6) is 0 Å². The quantitative estimate of drug-likeness (QED) is 0.731. The second kappa shape index (κ2) is 6.37. The highest BCUT2D eigenvalue weighted by Crippen LogP contribution is 2.44. The molecular formula is C19H24N6. The Morgan fingerprint density at radius 3 is 2.48 bits per heavy atom. The zero-order valence-corrected chi connectivity index (χ0v) is 14.3.